The van der Waals surface area contributed by atoms with Crippen LogP contribution in [0.3, 0.4) is 0 Å². The molecule has 0 aliphatic carbocycles. The van der Waals surface area contributed by atoms with Gasteiger partial charge < -0.3 is 9.47 Å². The molecule has 136 valence electrons. The molecule has 0 saturated heterocycles. The summed E-state index contributed by atoms with van der Waals surface area (Å²) >= 11 is 2.92. The molecule has 0 amide bonds. The van der Waals surface area contributed by atoms with Crippen LogP contribution in [-0.2, 0) is 0 Å². The second-order valence-electron chi connectivity index (χ2n) is 5.54. The van der Waals surface area contributed by atoms with E-state index in [1.165, 1.54) is 15.9 Å². The Morgan fingerprint density at radius 1 is 1.15 bits per heavy atom. The smallest absolute Gasteiger partial charge is 0.291 e. The zero-order chi connectivity index (χ0) is 18.8. The fourth-order valence-electron chi connectivity index (χ4n) is 2.56. The second kappa shape index (κ2) is 7.34. The largest absolute Gasteiger partial charge is 0.497 e. The summed E-state index contributed by atoms with van der Waals surface area (Å²) in [7, 11) is 3.19. The molecule has 27 heavy (non-hydrogen) atoms. The van der Waals surface area contributed by atoms with Gasteiger partial charge in [-0.3, -0.25) is 4.79 Å². The van der Waals surface area contributed by atoms with Crippen molar-refractivity contribution in [3.63, 3.8) is 0 Å². The Hall–Kier alpha value is -2.97. The van der Waals surface area contributed by atoms with E-state index in [1.54, 1.807) is 43.8 Å². The van der Waals surface area contributed by atoms with Crippen LogP contribution in [0.2, 0.25) is 0 Å². The van der Waals surface area contributed by atoms with Crippen molar-refractivity contribution in [1.29, 1.82) is 0 Å². The molecule has 0 bridgehead atoms. The number of rotatable bonds is 5. The highest BCUT2D eigenvalue weighted by Gasteiger charge is 2.10. The third-order valence-electron chi connectivity index (χ3n) is 3.86. The topological polar surface area (TPSA) is 65.7 Å². The van der Waals surface area contributed by atoms with Gasteiger partial charge in [-0.2, -0.15) is 9.50 Å². The van der Waals surface area contributed by atoms with Crippen LogP contribution in [0.1, 0.15) is 16.3 Å². The molecule has 8 heteroatoms. The number of benzene rings is 1. The van der Waals surface area contributed by atoms with Gasteiger partial charge in [-0.1, -0.05) is 17.4 Å². The fraction of sp³-hybridized carbons (Fsp3) is 0.105. The Morgan fingerprint density at radius 3 is 2.74 bits per heavy atom. The maximum atomic E-state index is 12.7. The molecule has 0 unspecified atom stereocenters. The molecule has 0 radical (unpaired) electrons. The van der Waals surface area contributed by atoms with Crippen molar-refractivity contribution in [2.45, 2.75) is 0 Å². The van der Waals surface area contributed by atoms with Gasteiger partial charge in [-0.05, 0) is 47.9 Å². The third kappa shape index (κ3) is 3.49. The van der Waals surface area contributed by atoms with Crippen molar-refractivity contribution in [3.8, 4) is 11.5 Å². The monoisotopic (exact) mass is 397 g/mol. The highest BCUT2D eigenvalue weighted by molar-refractivity contribution is 7.15. The summed E-state index contributed by atoms with van der Waals surface area (Å²) in [4.78, 5) is 18.8. The molecular formula is C19H15N3O3S2. The van der Waals surface area contributed by atoms with Crippen molar-refractivity contribution in [1.82, 2.24) is 14.6 Å². The molecule has 0 spiro atoms. The molecule has 6 nitrogen and oxygen atoms in total. The van der Waals surface area contributed by atoms with Crippen molar-refractivity contribution < 1.29 is 9.47 Å². The second-order valence-corrected chi connectivity index (χ2v) is 7.53. The standard InChI is InChI=1S/C19H15N3O3S2/c1-24-13-5-7-15(25-2)12(10-13)11-16-18(23)22-19(27-16)20-17(21-22)8-6-14-4-3-9-26-14/h3-11H,1-2H3/b8-6+,16-11-. The number of ether oxygens (including phenoxy) is 2. The molecule has 4 rings (SSSR count). The number of methoxy groups -OCH3 is 2. The third-order valence-corrected chi connectivity index (χ3v) is 5.66. The van der Waals surface area contributed by atoms with Crippen molar-refractivity contribution in [3.05, 3.63) is 66.9 Å². The van der Waals surface area contributed by atoms with Gasteiger partial charge in [0.1, 0.15) is 11.5 Å². The van der Waals surface area contributed by atoms with E-state index < -0.39 is 0 Å². The number of hydrogen-bond acceptors (Lipinski definition) is 7. The number of thiazole rings is 1. The van der Waals surface area contributed by atoms with Crippen LogP contribution in [0.25, 0.3) is 23.2 Å². The lowest BCUT2D eigenvalue weighted by Gasteiger charge is -2.06. The zero-order valence-corrected chi connectivity index (χ0v) is 16.2. The number of aromatic nitrogens is 3. The maximum absolute atomic E-state index is 12.7. The molecule has 3 aromatic heterocycles. The molecule has 4 aromatic rings. The minimum atomic E-state index is -0.205. The lowest BCUT2D eigenvalue weighted by molar-refractivity contribution is 0.402. The number of nitrogens with zero attached hydrogens (tertiary/aromatic N) is 3. The van der Waals surface area contributed by atoms with E-state index >= 15 is 0 Å². The van der Waals surface area contributed by atoms with Gasteiger partial charge in [-0.15, -0.1) is 16.4 Å². The Labute approximate surface area is 162 Å². The van der Waals surface area contributed by atoms with Gasteiger partial charge in [-0.25, -0.2) is 0 Å². The van der Waals surface area contributed by atoms with Crippen LogP contribution in [0.4, 0.5) is 0 Å². The molecule has 0 saturated carbocycles. The molecule has 3 heterocycles. The van der Waals surface area contributed by atoms with Crippen LogP contribution in [0.15, 0.2) is 40.5 Å². The molecule has 0 aliphatic heterocycles. The first kappa shape index (κ1) is 17.4. The minimum Gasteiger partial charge on any atom is -0.497 e. The average molecular weight is 397 g/mol. The van der Waals surface area contributed by atoms with Crippen LogP contribution < -0.4 is 19.6 Å². The van der Waals surface area contributed by atoms with Gasteiger partial charge in [0.15, 0.2) is 5.82 Å². The first-order valence-corrected chi connectivity index (χ1v) is 9.72. The van der Waals surface area contributed by atoms with Crippen LogP contribution >= 0.6 is 22.7 Å². The van der Waals surface area contributed by atoms with Crippen LogP contribution in [-0.4, -0.2) is 28.8 Å². The van der Waals surface area contributed by atoms with Crippen LogP contribution in [0, 0.1) is 0 Å². The summed E-state index contributed by atoms with van der Waals surface area (Å²) < 4.78 is 12.5. The number of hydrogen-bond donors (Lipinski definition) is 0. The summed E-state index contributed by atoms with van der Waals surface area (Å²) in [5.41, 5.74) is 0.555. The molecular weight excluding hydrogens is 382 g/mol. The van der Waals surface area contributed by atoms with E-state index in [1.807, 2.05) is 35.7 Å². The molecule has 0 atom stereocenters. The maximum Gasteiger partial charge on any atom is 0.291 e. The van der Waals surface area contributed by atoms with E-state index in [-0.39, 0.29) is 5.56 Å². The Balaban J connectivity index is 1.74. The molecule has 0 fully saturated rings. The number of thiophene rings is 1. The van der Waals surface area contributed by atoms with Crippen molar-refractivity contribution in [2.75, 3.05) is 14.2 Å². The van der Waals surface area contributed by atoms with E-state index in [2.05, 4.69) is 10.1 Å². The van der Waals surface area contributed by atoms with Gasteiger partial charge >= 0.3 is 0 Å². The van der Waals surface area contributed by atoms with E-state index in [4.69, 9.17) is 9.47 Å². The average Bonchev–Trinajstić information content (AvgIpc) is 3.39. The first-order chi connectivity index (χ1) is 13.2. The number of fused-ring (bicyclic) bond motifs is 1. The molecule has 1 aromatic carbocycles. The summed E-state index contributed by atoms with van der Waals surface area (Å²) in [5, 5.41) is 6.30. The van der Waals surface area contributed by atoms with Crippen molar-refractivity contribution in [2.24, 2.45) is 0 Å². The summed E-state index contributed by atoms with van der Waals surface area (Å²) in [6.45, 7) is 0. The summed E-state index contributed by atoms with van der Waals surface area (Å²) in [6.07, 6.45) is 5.51. The first-order valence-electron chi connectivity index (χ1n) is 8.03. The SMILES string of the molecule is COc1ccc(OC)c(/C=c2\sc3nc(/C=C/c4cccs4)nn3c2=O)c1. The summed E-state index contributed by atoms with van der Waals surface area (Å²) in [6, 6.07) is 9.42. The predicted molar refractivity (Wildman–Crippen MR) is 109 cm³/mol. The zero-order valence-electron chi connectivity index (χ0n) is 14.6. The van der Waals surface area contributed by atoms with Crippen LogP contribution in [0.5, 0.6) is 11.5 Å². The minimum absolute atomic E-state index is 0.205. The van der Waals surface area contributed by atoms with Crippen molar-refractivity contribution >= 4 is 45.9 Å². The predicted octanol–water partition coefficient (Wildman–Crippen LogP) is 2.95. The van der Waals surface area contributed by atoms with Gasteiger partial charge in [0.05, 0.1) is 18.8 Å². The van der Waals surface area contributed by atoms with Gasteiger partial charge in [0.2, 0.25) is 4.96 Å². The summed E-state index contributed by atoms with van der Waals surface area (Å²) in [5.74, 6) is 1.86. The van der Waals surface area contributed by atoms with E-state index in [0.717, 1.165) is 10.4 Å². The normalized spacial score (nSPS) is 12.3. The van der Waals surface area contributed by atoms with E-state index in [9.17, 15) is 4.79 Å². The Morgan fingerprint density at radius 2 is 2.04 bits per heavy atom. The Bertz CT molecular complexity index is 1220. The van der Waals surface area contributed by atoms with Gasteiger partial charge in [0, 0.05) is 10.4 Å². The fourth-order valence-corrected chi connectivity index (χ4v) is 4.08. The highest BCUT2D eigenvalue weighted by atomic mass is 32.1. The lowest BCUT2D eigenvalue weighted by Crippen LogP contribution is -2.23. The lowest BCUT2D eigenvalue weighted by atomic mass is 10.2. The van der Waals surface area contributed by atoms with Gasteiger partial charge in [0.25, 0.3) is 5.56 Å². The Kier molecular flexibility index (Phi) is 4.74. The molecule has 0 N–H and O–H groups in total. The van der Waals surface area contributed by atoms with E-state index in [0.29, 0.717) is 26.8 Å². The molecule has 0 aliphatic rings. The quantitative estimate of drug-likeness (QED) is 0.518. The highest BCUT2D eigenvalue weighted by Crippen LogP contribution is 2.24.